The number of aliphatic carboxylic acids is 1. The van der Waals surface area contributed by atoms with Crippen LogP contribution in [-0.4, -0.2) is 63.8 Å². The molecule has 6 heteroatoms. The second kappa shape index (κ2) is 5.99. The summed E-state index contributed by atoms with van der Waals surface area (Å²) in [7, 11) is 1.74. The smallest absolute Gasteiger partial charge is 0.326 e. The maximum atomic E-state index is 12.5. The first-order chi connectivity index (χ1) is 9.40. The Bertz CT molecular complexity index is 379. The fraction of sp³-hybridized carbons (Fsp3) is 0.857. The SMILES string of the molecule is CC1CCC(N(C)C(=O)N2C[C@@H](O)C[C@H]2C(=O)O)CC1. The summed E-state index contributed by atoms with van der Waals surface area (Å²) in [6, 6.07) is -0.984. The van der Waals surface area contributed by atoms with Gasteiger partial charge in [-0.15, -0.1) is 0 Å². The van der Waals surface area contributed by atoms with E-state index in [1.807, 2.05) is 0 Å². The first-order valence-electron chi connectivity index (χ1n) is 7.34. The van der Waals surface area contributed by atoms with Gasteiger partial charge in [0.2, 0.25) is 0 Å². The van der Waals surface area contributed by atoms with Gasteiger partial charge in [0.1, 0.15) is 6.04 Å². The molecular weight excluding hydrogens is 260 g/mol. The summed E-state index contributed by atoms with van der Waals surface area (Å²) in [5.74, 6) is -0.337. The number of rotatable bonds is 2. The van der Waals surface area contributed by atoms with Gasteiger partial charge in [0.05, 0.1) is 6.10 Å². The van der Waals surface area contributed by atoms with Crippen LogP contribution in [-0.2, 0) is 4.79 Å². The van der Waals surface area contributed by atoms with Crippen LogP contribution in [0.5, 0.6) is 0 Å². The summed E-state index contributed by atoms with van der Waals surface area (Å²) in [4.78, 5) is 26.6. The van der Waals surface area contributed by atoms with E-state index in [-0.39, 0.29) is 25.0 Å². The highest BCUT2D eigenvalue weighted by Crippen LogP contribution is 2.28. The number of nitrogens with zero attached hydrogens (tertiary/aromatic N) is 2. The lowest BCUT2D eigenvalue weighted by Crippen LogP contribution is -2.50. The molecule has 20 heavy (non-hydrogen) atoms. The Hall–Kier alpha value is -1.30. The van der Waals surface area contributed by atoms with E-state index < -0.39 is 18.1 Å². The topological polar surface area (TPSA) is 81.1 Å². The van der Waals surface area contributed by atoms with Crippen molar-refractivity contribution in [3.05, 3.63) is 0 Å². The summed E-state index contributed by atoms with van der Waals surface area (Å²) in [5.41, 5.74) is 0. The van der Waals surface area contributed by atoms with Gasteiger partial charge in [-0.1, -0.05) is 6.92 Å². The molecule has 2 atom stereocenters. The Morgan fingerprint density at radius 2 is 1.80 bits per heavy atom. The molecule has 0 bridgehead atoms. The van der Waals surface area contributed by atoms with Crippen LogP contribution in [0.3, 0.4) is 0 Å². The van der Waals surface area contributed by atoms with Crippen molar-refractivity contribution in [2.45, 2.75) is 57.2 Å². The van der Waals surface area contributed by atoms with Gasteiger partial charge in [0.15, 0.2) is 0 Å². The van der Waals surface area contributed by atoms with Gasteiger partial charge in [0, 0.05) is 26.1 Å². The lowest BCUT2D eigenvalue weighted by Gasteiger charge is -2.36. The van der Waals surface area contributed by atoms with Crippen molar-refractivity contribution in [2.24, 2.45) is 5.92 Å². The minimum absolute atomic E-state index is 0.114. The van der Waals surface area contributed by atoms with Crippen molar-refractivity contribution in [3.8, 4) is 0 Å². The zero-order valence-corrected chi connectivity index (χ0v) is 12.2. The van der Waals surface area contributed by atoms with Gasteiger partial charge < -0.3 is 20.0 Å². The Morgan fingerprint density at radius 1 is 1.20 bits per heavy atom. The molecule has 2 N–H and O–H groups in total. The molecule has 1 aliphatic carbocycles. The highest BCUT2D eigenvalue weighted by atomic mass is 16.4. The van der Waals surface area contributed by atoms with E-state index in [4.69, 9.17) is 5.11 Å². The summed E-state index contributed by atoms with van der Waals surface area (Å²) in [6.45, 7) is 2.33. The van der Waals surface area contributed by atoms with Crippen molar-refractivity contribution in [1.29, 1.82) is 0 Å². The van der Waals surface area contributed by atoms with Crippen LogP contribution in [0.2, 0.25) is 0 Å². The van der Waals surface area contributed by atoms with E-state index in [0.29, 0.717) is 5.92 Å². The average molecular weight is 284 g/mol. The molecule has 114 valence electrons. The number of urea groups is 1. The number of hydrogen-bond donors (Lipinski definition) is 2. The van der Waals surface area contributed by atoms with E-state index in [1.54, 1.807) is 11.9 Å². The molecule has 2 aliphatic rings. The Labute approximate surface area is 119 Å². The van der Waals surface area contributed by atoms with E-state index in [0.717, 1.165) is 25.7 Å². The summed E-state index contributed by atoms with van der Waals surface area (Å²) < 4.78 is 0. The number of carbonyl (C=O) groups is 2. The monoisotopic (exact) mass is 284 g/mol. The lowest BCUT2D eigenvalue weighted by atomic mass is 9.87. The number of β-amino-alcohol motifs (C(OH)–C–C–N with tert-alkyl or cyclic N) is 1. The van der Waals surface area contributed by atoms with Gasteiger partial charge in [0.25, 0.3) is 0 Å². The molecule has 0 aromatic heterocycles. The standard InChI is InChI=1S/C14H24N2O4/c1-9-3-5-10(6-4-9)15(2)14(20)16-8-11(17)7-12(16)13(18)19/h9-12,17H,3-8H2,1-2H3,(H,18,19)/t9?,10?,11-,12-/m0/s1. The molecule has 2 rings (SSSR count). The summed E-state index contributed by atoms with van der Waals surface area (Å²) >= 11 is 0. The number of carboxylic acids is 1. The third kappa shape index (κ3) is 3.06. The van der Waals surface area contributed by atoms with E-state index >= 15 is 0 Å². The van der Waals surface area contributed by atoms with Gasteiger partial charge in [-0.25, -0.2) is 9.59 Å². The quantitative estimate of drug-likeness (QED) is 0.796. The van der Waals surface area contributed by atoms with Crippen LogP contribution in [0.1, 0.15) is 39.0 Å². The first kappa shape index (κ1) is 15.1. The summed E-state index contributed by atoms with van der Waals surface area (Å²) in [6.07, 6.45) is 3.53. The Balaban J connectivity index is 2.00. The number of aliphatic hydroxyl groups excluding tert-OH is 1. The molecule has 2 fully saturated rings. The number of hydrogen-bond acceptors (Lipinski definition) is 3. The molecule has 0 unspecified atom stereocenters. The highest BCUT2D eigenvalue weighted by molar-refractivity contribution is 5.83. The fourth-order valence-electron chi connectivity index (χ4n) is 3.25. The van der Waals surface area contributed by atoms with Gasteiger partial charge in [-0.3, -0.25) is 0 Å². The molecule has 0 aromatic rings. The predicted octanol–water partition coefficient (Wildman–Crippen LogP) is 1.14. The normalized spacial score (nSPS) is 34.0. The molecule has 0 spiro atoms. The van der Waals surface area contributed by atoms with Crippen LogP contribution in [0.4, 0.5) is 4.79 Å². The maximum Gasteiger partial charge on any atom is 0.326 e. The molecule has 1 saturated carbocycles. The van der Waals surface area contributed by atoms with Crippen LogP contribution >= 0.6 is 0 Å². The molecule has 0 radical (unpaired) electrons. The van der Waals surface area contributed by atoms with Crippen LogP contribution < -0.4 is 0 Å². The Morgan fingerprint density at radius 3 is 2.35 bits per heavy atom. The maximum absolute atomic E-state index is 12.5. The zero-order valence-electron chi connectivity index (χ0n) is 12.2. The van der Waals surface area contributed by atoms with Crippen LogP contribution in [0.15, 0.2) is 0 Å². The molecule has 1 aliphatic heterocycles. The van der Waals surface area contributed by atoms with Crippen molar-refractivity contribution in [2.75, 3.05) is 13.6 Å². The van der Waals surface area contributed by atoms with E-state index in [2.05, 4.69) is 6.92 Å². The number of likely N-dealkylation sites (tertiary alicyclic amines) is 1. The highest BCUT2D eigenvalue weighted by Gasteiger charge is 2.41. The van der Waals surface area contributed by atoms with E-state index in [1.165, 1.54) is 4.90 Å². The first-order valence-corrected chi connectivity index (χ1v) is 7.34. The second-order valence-corrected chi connectivity index (χ2v) is 6.20. The van der Waals surface area contributed by atoms with Crippen molar-refractivity contribution >= 4 is 12.0 Å². The Kier molecular flexibility index (Phi) is 4.52. The zero-order chi connectivity index (χ0) is 14.9. The van der Waals surface area contributed by atoms with E-state index in [9.17, 15) is 14.7 Å². The number of carboxylic acid groups (broad SMARTS) is 1. The number of carbonyl (C=O) groups excluding carboxylic acids is 1. The summed E-state index contributed by atoms with van der Waals surface area (Å²) in [5, 5.41) is 18.8. The number of aliphatic hydroxyl groups is 1. The third-order valence-electron chi connectivity index (χ3n) is 4.64. The molecule has 2 amide bonds. The van der Waals surface area contributed by atoms with Crippen LogP contribution in [0, 0.1) is 5.92 Å². The number of amides is 2. The largest absolute Gasteiger partial charge is 0.480 e. The fourth-order valence-corrected chi connectivity index (χ4v) is 3.25. The average Bonchev–Trinajstić information content (AvgIpc) is 2.80. The second-order valence-electron chi connectivity index (χ2n) is 6.20. The minimum atomic E-state index is -1.04. The third-order valence-corrected chi connectivity index (χ3v) is 4.64. The molecule has 1 heterocycles. The van der Waals surface area contributed by atoms with Gasteiger partial charge >= 0.3 is 12.0 Å². The van der Waals surface area contributed by atoms with Crippen LogP contribution in [0.25, 0.3) is 0 Å². The molecular formula is C14H24N2O4. The molecule has 0 aromatic carbocycles. The van der Waals surface area contributed by atoms with Crippen molar-refractivity contribution in [1.82, 2.24) is 9.80 Å². The van der Waals surface area contributed by atoms with Crippen molar-refractivity contribution in [3.63, 3.8) is 0 Å². The lowest BCUT2D eigenvalue weighted by molar-refractivity contribution is -0.141. The predicted molar refractivity (Wildman–Crippen MR) is 73.3 cm³/mol. The van der Waals surface area contributed by atoms with Crippen molar-refractivity contribution < 1.29 is 19.8 Å². The minimum Gasteiger partial charge on any atom is -0.480 e. The molecule has 6 nitrogen and oxygen atoms in total. The van der Waals surface area contributed by atoms with Gasteiger partial charge in [-0.05, 0) is 31.6 Å². The molecule has 1 saturated heterocycles. The van der Waals surface area contributed by atoms with Gasteiger partial charge in [-0.2, -0.15) is 0 Å².